The van der Waals surface area contributed by atoms with E-state index in [1.807, 2.05) is 0 Å². The fourth-order valence-corrected chi connectivity index (χ4v) is 1.12. The molecule has 0 aliphatic carbocycles. The van der Waals surface area contributed by atoms with Crippen LogP contribution in [0.4, 0.5) is 19.2 Å². The summed E-state index contributed by atoms with van der Waals surface area (Å²) in [4.78, 5) is 51.3. The molecule has 0 aliphatic rings. The molecule has 0 atom stereocenters. The van der Waals surface area contributed by atoms with Gasteiger partial charge in [-0.2, -0.15) is 15.8 Å². The fourth-order valence-electron chi connectivity index (χ4n) is 0.372. The van der Waals surface area contributed by atoms with E-state index in [4.69, 9.17) is 30.9 Å². The van der Waals surface area contributed by atoms with Crippen LogP contribution in [0.5, 0.6) is 0 Å². The van der Waals surface area contributed by atoms with Crippen molar-refractivity contribution in [2.75, 3.05) is 0 Å². The summed E-state index contributed by atoms with van der Waals surface area (Å²) in [7, 11) is 0. The van der Waals surface area contributed by atoms with Crippen LogP contribution in [0.25, 0.3) is 0 Å². The molecule has 22 heavy (non-hydrogen) atoms. The van der Waals surface area contributed by atoms with Crippen LogP contribution in [0.1, 0.15) is 0 Å². The first-order valence-corrected chi connectivity index (χ1v) is 5.30. The van der Waals surface area contributed by atoms with Gasteiger partial charge < -0.3 is 26.2 Å². The first-order chi connectivity index (χ1) is 9.80. The minimum Gasteiger partial charge on any atom is -0.516 e. The van der Waals surface area contributed by atoms with Crippen LogP contribution in [-0.4, -0.2) is 60.8 Å². The van der Waals surface area contributed by atoms with Crippen molar-refractivity contribution >= 4 is 39.8 Å². The molecular formula is C4H4AlNaO16. The summed E-state index contributed by atoms with van der Waals surface area (Å²) in [6, 6.07) is 0. The van der Waals surface area contributed by atoms with Crippen molar-refractivity contribution in [3.63, 3.8) is 0 Å². The van der Waals surface area contributed by atoms with Crippen LogP contribution < -0.4 is 34.7 Å². The maximum atomic E-state index is 10.3. The summed E-state index contributed by atoms with van der Waals surface area (Å²) >= 11 is -3.86. The van der Waals surface area contributed by atoms with Crippen LogP contribution >= 0.6 is 0 Å². The second kappa shape index (κ2) is 15.8. The number of carboxylic acid groups (broad SMARTS) is 1. The van der Waals surface area contributed by atoms with Crippen molar-refractivity contribution in [3.8, 4) is 0 Å². The molecule has 0 aliphatic heterocycles. The van der Waals surface area contributed by atoms with Gasteiger partial charge in [0.05, 0.1) is 0 Å². The Bertz CT molecular complexity index is 313. The van der Waals surface area contributed by atoms with Crippen LogP contribution in [0.2, 0.25) is 0 Å². The molecule has 0 amide bonds. The molecule has 0 rings (SSSR count). The molecule has 120 valence electrons. The molecule has 0 saturated heterocycles. The third-order valence-corrected chi connectivity index (χ3v) is 2.03. The molecule has 0 aromatic rings. The average molecular weight is 358 g/mol. The van der Waals surface area contributed by atoms with E-state index >= 15 is 0 Å². The van der Waals surface area contributed by atoms with E-state index in [2.05, 4.69) is 30.9 Å². The molecule has 0 spiro atoms. The number of hydrogen-bond acceptors (Lipinski definition) is 16. The van der Waals surface area contributed by atoms with E-state index in [-0.39, 0.29) is 29.6 Å². The van der Waals surface area contributed by atoms with Crippen molar-refractivity contribution in [1.29, 1.82) is 0 Å². The van der Waals surface area contributed by atoms with Crippen LogP contribution in [0, 0.1) is 0 Å². The molecule has 0 unspecified atom stereocenters. The van der Waals surface area contributed by atoms with Crippen molar-refractivity contribution < 1.29 is 106 Å². The summed E-state index contributed by atoms with van der Waals surface area (Å²) in [5, 5.41) is 39.1. The smallest absolute Gasteiger partial charge is 0.516 e. The van der Waals surface area contributed by atoms with Gasteiger partial charge in [-0.15, -0.1) is 0 Å². The van der Waals surface area contributed by atoms with Gasteiger partial charge in [0, 0.05) is 0 Å². The molecule has 4 N–H and O–H groups in total. The van der Waals surface area contributed by atoms with E-state index in [0.29, 0.717) is 0 Å². The van der Waals surface area contributed by atoms with Gasteiger partial charge in [-0.05, 0) is 0 Å². The Labute approximate surface area is 145 Å². The second-order valence-corrected chi connectivity index (χ2v) is 3.29. The van der Waals surface area contributed by atoms with E-state index in [1.54, 1.807) is 0 Å². The topological polar surface area (TPSA) is 237 Å². The van der Waals surface area contributed by atoms with Crippen molar-refractivity contribution in [2.24, 2.45) is 0 Å². The first-order valence-electron chi connectivity index (χ1n) is 3.89. The summed E-state index contributed by atoms with van der Waals surface area (Å²) in [6.07, 6.45) is -7.25. The third-order valence-electron chi connectivity index (χ3n) is 0.875. The molecule has 18 heteroatoms. The average Bonchev–Trinajstić information content (AvgIpc) is 2.46. The van der Waals surface area contributed by atoms with Crippen molar-refractivity contribution in [2.45, 2.75) is 0 Å². The summed E-state index contributed by atoms with van der Waals surface area (Å²) in [5.74, 6) is 0. The quantitative estimate of drug-likeness (QED) is 0.161. The van der Waals surface area contributed by atoms with Gasteiger partial charge in [-0.3, -0.25) is 19.9 Å². The number of hydrogen-bond donors (Lipinski definition) is 4. The second-order valence-electron chi connectivity index (χ2n) is 2.01. The number of rotatable bonds is 3. The largest absolute Gasteiger partial charge is 1.21 e. The maximum absolute atomic E-state index is 10.3. The molecule has 0 aromatic heterocycles. The Kier molecular flexibility index (Phi) is 18.3. The SMILES string of the molecule is O=C(OO)[O][Al]([O]C(=O)OO)[O]C(=O)OO.O=C([O-])OO.[Na+]. The molecule has 0 fully saturated rings. The summed E-state index contributed by atoms with van der Waals surface area (Å²) < 4.78 is 11.7. The molecule has 0 radical (unpaired) electrons. The Morgan fingerprint density at radius 2 is 0.909 bits per heavy atom. The van der Waals surface area contributed by atoms with E-state index in [1.165, 1.54) is 0 Å². The summed E-state index contributed by atoms with van der Waals surface area (Å²) in [6.45, 7) is 0. The summed E-state index contributed by atoms with van der Waals surface area (Å²) in [5.41, 5.74) is 0. The third kappa shape index (κ3) is 16.5. The fraction of sp³-hybridized carbons (Fsp3) is 0. The minimum absolute atomic E-state index is 0. The minimum atomic E-state index is -3.86. The van der Waals surface area contributed by atoms with Gasteiger partial charge >= 0.3 is 63.2 Å². The van der Waals surface area contributed by atoms with Gasteiger partial charge in [-0.25, -0.2) is 14.4 Å². The van der Waals surface area contributed by atoms with Crippen molar-refractivity contribution in [3.05, 3.63) is 0 Å². The van der Waals surface area contributed by atoms with Crippen molar-refractivity contribution in [1.82, 2.24) is 0 Å². The Hall–Kier alpha value is -1.55. The normalized spacial score (nSPS) is 7.64. The van der Waals surface area contributed by atoms with E-state index in [9.17, 15) is 14.4 Å². The molecule has 0 bridgehead atoms. The maximum Gasteiger partial charge on any atom is 1.21 e. The Morgan fingerprint density at radius 3 is 1.05 bits per heavy atom. The van der Waals surface area contributed by atoms with E-state index < -0.39 is 39.8 Å². The predicted molar refractivity (Wildman–Crippen MR) is 45.4 cm³/mol. The number of carbonyl (C=O) groups excluding carboxylic acids is 4. The van der Waals surface area contributed by atoms with Gasteiger partial charge in [0.15, 0.2) is 0 Å². The molecule has 0 saturated carbocycles. The molecular weight excluding hydrogens is 354 g/mol. The van der Waals surface area contributed by atoms with Gasteiger partial charge in [0.1, 0.15) is 0 Å². The zero-order chi connectivity index (χ0) is 16.8. The molecule has 0 aromatic carbocycles. The Morgan fingerprint density at radius 1 is 0.682 bits per heavy atom. The zero-order valence-electron chi connectivity index (χ0n) is 10.3. The molecule has 0 heterocycles. The van der Waals surface area contributed by atoms with Gasteiger partial charge in [0.2, 0.25) is 0 Å². The van der Waals surface area contributed by atoms with Crippen LogP contribution in [-0.2, 0) is 30.9 Å². The van der Waals surface area contributed by atoms with E-state index in [0.717, 1.165) is 0 Å². The zero-order valence-corrected chi connectivity index (χ0v) is 13.4. The van der Waals surface area contributed by atoms with Crippen LogP contribution in [0.3, 0.4) is 0 Å². The first kappa shape index (κ1) is 25.4. The molecule has 16 nitrogen and oxygen atoms in total. The Balaban J connectivity index is -0.000000520. The van der Waals surface area contributed by atoms with Gasteiger partial charge in [0.25, 0.3) is 6.16 Å². The monoisotopic (exact) mass is 358 g/mol. The predicted octanol–water partition coefficient (Wildman–Crippen LogP) is -4.33. The van der Waals surface area contributed by atoms with Crippen LogP contribution in [0.15, 0.2) is 0 Å². The van der Waals surface area contributed by atoms with Gasteiger partial charge in [-0.1, -0.05) is 0 Å². The standard InChI is InChI=1S/4CH2O4.Al.Na/c4*2-1(3)5-4;;/h4*4H,(H,2,3);;/q;;;;+3;+1/p-4. The number of carbonyl (C=O) groups is 4.